The molecule has 3 heterocycles. The van der Waals surface area contributed by atoms with Crippen molar-refractivity contribution in [1.29, 1.82) is 0 Å². The third kappa shape index (κ3) is 7.06. The number of furan rings is 1. The van der Waals surface area contributed by atoms with Crippen LogP contribution in [0.4, 0.5) is 0 Å². The molecule has 4 rings (SSSR count). The van der Waals surface area contributed by atoms with Crippen LogP contribution in [0.5, 0.6) is 11.5 Å². The number of carbonyl (C=O) groups excluding carboxylic acids is 2. The number of hydrogen-bond acceptors (Lipinski definition) is 9. The van der Waals surface area contributed by atoms with Crippen LogP contribution in [0.15, 0.2) is 52.3 Å². The van der Waals surface area contributed by atoms with E-state index in [1.807, 2.05) is 63.4 Å². The normalized spacial score (nSPS) is 12.2. The molecule has 2 amide bonds. The van der Waals surface area contributed by atoms with Crippen LogP contribution in [0.3, 0.4) is 0 Å². The van der Waals surface area contributed by atoms with Crippen LogP contribution in [0, 0.1) is 6.92 Å². The summed E-state index contributed by atoms with van der Waals surface area (Å²) < 4.78 is 16.4. The topological polar surface area (TPSA) is 125 Å². The quantitative estimate of drug-likeness (QED) is 0.288. The van der Waals surface area contributed by atoms with E-state index >= 15 is 0 Å². The van der Waals surface area contributed by atoms with E-state index in [9.17, 15) is 9.59 Å². The summed E-state index contributed by atoms with van der Waals surface area (Å²) in [5.74, 6) is 2.05. The zero-order chi connectivity index (χ0) is 28.9. The average Bonchev–Trinajstić information content (AvgIpc) is 3.67. The number of thiophene rings is 1. The average molecular weight is 567 g/mol. The number of carbonyl (C=O) groups is 2. The van der Waals surface area contributed by atoms with Crippen LogP contribution >= 0.6 is 11.3 Å². The summed E-state index contributed by atoms with van der Waals surface area (Å²) in [4.78, 5) is 31.1. The molecule has 0 fully saturated rings. The maximum atomic E-state index is 13.9. The van der Waals surface area contributed by atoms with Gasteiger partial charge in [-0.05, 0) is 80.6 Å². The molecule has 0 unspecified atom stereocenters. The van der Waals surface area contributed by atoms with Crippen LogP contribution in [-0.4, -0.2) is 63.2 Å². The van der Waals surface area contributed by atoms with Gasteiger partial charge in [0.1, 0.15) is 18.3 Å². The molecule has 0 aliphatic heterocycles. The van der Waals surface area contributed by atoms with Gasteiger partial charge in [0.15, 0.2) is 17.3 Å². The van der Waals surface area contributed by atoms with E-state index in [1.54, 1.807) is 31.3 Å². The van der Waals surface area contributed by atoms with Crippen molar-refractivity contribution in [2.45, 2.75) is 52.2 Å². The number of hydrogen-bond donors (Lipinski definition) is 1. The molecule has 0 aliphatic rings. The molecule has 3 aromatic heterocycles. The van der Waals surface area contributed by atoms with E-state index in [4.69, 9.17) is 13.9 Å². The second-order valence-electron chi connectivity index (χ2n) is 10.2. The number of tetrazole rings is 1. The number of amides is 2. The Morgan fingerprint density at radius 2 is 1.90 bits per heavy atom. The molecule has 11 nitrogen and oxygen atoms in total. The Morgan fingerprint density at radius 1 is 1.12 bits per heavy atom. The highest BCUT2D eigenvalue weighted by Crippen LogP contribution is 2.30. The zero-order valence-corrected chi connectivity index (χ0v) is 24.3. The Morgan fingerprint density at radius 3 is 2.52 bits per heavy atom. The minimum absolute atomic E-state index is 0.205. The summed E-state index contributed by atoms with van der Waals surface area (Å²) in [6, 6.07) is 12.0. The minimum atomic E-state index is -0.845. The Labute approximate surface area is 237 Å². The molecule has 12 heteroatoms. The highest BCUT2D eigenvalue weighted by molar-refractivity contribution is 7.10. The molecule has 0 aliphatic carbocycles. The Balaban J connectivity index is 1.64. The van der Waals surface area contributed by atoms with Crippen molar-refractivity contribution in [1.82, 2.24) is 30.4 Å². The Kier molecular flexibility index (Phi) is 8.88. The van der Waals surface area contributed by atoms with E-state index in [1.165, 1.54) is 16.1 Å². The summed E-state index contributed by atoms with van der Waals surface area (Å²) in [5, 5.41) is 17.3. The molecule has 0 saturated carbocycles. The predicted octanol–water partition coefficient (Wildman–Crippen LogP) is 4.05. The minimum Gasteiger partial charge on any atom is -0.493 e. The van der Waals surface area contributed by atoms with Gasteiger partial charge in [-0.1, -0.05) is 12.1 Å². The summed E-state index contributed by atoms with van der Waals surface area (Å²) in [5.41, 5.74) is 0.430. The number of nitrogens with zero attached hydrogens (tertiary/aromatic N) is 5. The van der Waals surface area contributed by atoms with Gasteiger partial charge in [0, 0.05) is 17.0 Å². The molecule has 1 N–H and O–H groups in total. The molecule has 212 valence electrons. The van der Waals surface area contributed by atoms with Crippen molar-refractivity contribution in [3.63, 3.8) is 0 Å². The molecule has 40 heavy (non-hydrogen) atoms. The van der Waals surface area contributed by atoms with E-state index in [-0.39, 0.29) is 30.7 Å². The number of aromatic nitrogens is 4. The van der Waals surface area contributed by atoms with Crippen molar-refractivity contribution < 1.29 is 23.5 Å². The number of ether oxygens (including phenoxy) is 2. The first-order valence-electron chi connectivity index (χ1n) is 12.8. The van der Waals surface area contributed by atoms with Crippen LogP contribution < -0.4 is 14.8 Å². The molecule has 0 bridgehead atoms. The molecule has 0 saturated heterocycles. The zero-order valence-electron chi connectivity index (χ0n) is 23.5. The lowest BCUT2D eigenvalue weighted by atomic mass is 10.1. The first-order valence-corrected chi connectivity index (χ1v) is 13.7. The molecule has 0 spiro atoms. The molecule has 0 radical (unpaired) electrons. The number of benzene rings is 1. The van der Waals surface area contributed by atoms with Crippen LogP contribution in [0.25, 0.3) is 11.6 Å². The van der Waals surface area contributed by atoms with Crippen molar-refractivity contribution in [3.8, 4) is 23.1 Å². The van der Waals surface area contributed by atoms with Gasteiger partial charge in [0.2, 0.25) is 17.6 Å². The maximum absolute atomic E-state index is 13.9. The van der Waals surface area contributed by atoms with Crippen LogP contribution in [-0.2, 0) is 22.6 Å². The lowest BCUT2D eigenvalue weighted by molar-refractivity contribution is -0.142. The fourth-order valence-electron chi connectivity index (χ4n) is 4.17. The van der Waals surface area contributed by atoms with Crippen molar-refractivity contribution in [2.24, 2.45) is 0 Å². The van der Waals surface area contributed by atoms with Gasteiger partial charge in [-0.2, -0.15) is 4.80 Å². The lowest BCUT2D eigenvalue weighted by Gasteiger charge is -2.33. The molecule has 1 aromatic carbocycles. The third-order valence-electron chi connectivity index (χ3n) is 5.97. The largest absolute Gasteiger partial charge is 0.493 e. The van der Waals surface area contributed by atoms with Gasteiger partial charge in [0.05, 0.1) is 14.2 Å². The predicted molar refractivity (Wildman–Crippen MR) is 150 cm³/mol. The van der Waals surface area contributed by atoms with Gasteiger partial charge >= 0.3 is 0 Å². The summed E-state index contributed by atoms with van der Waals surface area (Å²) in [6.07, 6.45) is 0.471. The van der Waals surface area contributed by atoms with E-state index in [2.05, 4.69) is 20.7 Å². The molecule has 4 aromatic rings. The van der Waals surface area contributed by atoms with Crippen molar-refractivity contribution >= 4 is 23.2 Å². The third-order valence-corrected chi connectivity index (χ3v) is 6.90. The van der Waals surface area contributed by atoms with Gasteiger partial charge in [-0.3, -0.25) is 9.59 Å². The Bertz CT molecular complexity index is 1440. The number of nitrogens with one attached hydrogen (secondary N) is 1. The SMILES string of the molecule is COc1ccc(CCN(C(=O)Cn2nnc(-c3ccc(C)o3)n2)[C@@H](C(=O)NC(C)(C)C)c2cccs2)cc1OC. The smallest absolute Gasteiger partial charge is 0.248 e. The van der Waals surface area contributed by atoms with Crippen LogP contribution in [0.2, 0.25) is 0 Å². The fraction of sp³-hybridized carbons (Fsp3) is 0.393. The van der Waals surface area contributed by atoms with Crippen LogP contribution in [0.1, 0.15) is 43.0 Å². The second-order valence-corrected chi connectivity index (χ2v) is 11.2. The Hall–Kier alpha value is -4.19. The van der Waals surface area contributed by atoms with Crippen molar-refractivity contribution in [3.05, 3.63) is 64.0 Å². The monoisotopic (exact) mass is 566 g/mol. The number of aryl methyl sites for hydroxylation is 1. The molecule has 1 atom stereocenters. The maximum Gasteiger partial charge on any atom is 0.248 e. The molecular weight excluding hydrogens is 532 g/mol. The van der Waals surface area contributed by atoms with Gasteiger partial charge in [-0.15, -0.1) is 21.5 Å². The fourth-order valence-corrected chi connectivity index (χ4v) is 5.00. The molecular formula is C28H34N6O5S. The lowest BCUT2D eigenvalue weighted by Crippen LogP contribution is -2.50. The highest BCUT2D eigenvalue weighted by Gasteiger charge is 2.34. The summed E-state index contributed by atoms with van der Waals surface area (Å²) >= 11 is 1.42. The van der Waals surface area contributed by atoms with E-state index in [0.717, 1.165) is 10.4 Å². The highest BCUT2D eigenvalue weighted by atomic mass is 32.1. The first-order chi connectivity index (χ1) is 19.1. The second kappa shape index (κ2) is 12.3. The van der Waals surface area contributed by atoms with Gasteiger partial charge < -0.3 is 24.1 Å². The summed E-state index contributed by atoms with van der Waals surface area (Å²) in [6.45, 7) is 7.59. The van der Waals surface area contributed by atoms with Crippen molar-refractivity contribution in [2.75, 3.05) is 20.8 Å². The van der Waals surface area contributed by atoms with E-state index in [0.29, 0.717) is 29.4 Å². The van der Waals surface area contributed by atoms with E-state index < -0.39 is 11.6 Å². The standard InChI is InChI=1S/C28H34N6O5S/c1-18-9-11-21(39-18)26-30-32-34(31-26)17-24(35)33(14-13-19-10-12-20(37-5)22(16-19)38-6)25(23-8-7-15-40-23)27(36)29-28(2,3)4/h7-12,15-16,25H,13-14,17H2,1-6H3,(H,29,36)/t25-/m1/s1. The number of rotatable bonds is 11. The first kappa shape index (κ1) is 28.8. The summed E-state index contributed by atoms with van der Waals surface area (Å²) in [7, 11) is 3.15. The number of methoxy groups -OCH3 is 2. The van der Waals surface area contributed by atoms with Gasteiger partial charge in [0.25, 0.3) is 0 Å². The van der Waals surface area contributed by atoms with Gasteiger partial charge in [-0.25, -0.2) is 0 Å².